The highest BCUT2D eigenvalue weighted by Crippen LogP contribution is 2.18. The molecule has 2 rings (SSSR count). The predicted octanol–water partition coefficient (Wildman–Crippen LogP) is 0.980. The Kier molecular flexibility index (Phi) is 3.12. The van der Waals surface area contributed by atoms with E-state index < -0.39 is 5.97 Å². The van der Waals surface area contributed by atoms with E-state index in [0.717, 1.165) is 12.8 Å². The van der Waals surface area contributed by atoms with Gasteiger partial charge in [-0.3, -0.25) is 4.79 Å². The molecule has 1 aromatic heterocycles. The van der Waals surface area contributed by atoms with Crippen LogP contribution in [0.15, 0.2) is 6.33 Å². The molecule has 1 atom stereocenters. The summed E-state index contributed by atoms with van der Waals surface area (Å²) in [6.45, 7) is 3.43. The van der Waals surface area contributed by atoms with Gasteiger partial charge in [0.05, 0.1) is 6.33 Å². The number of likely N-dealkylation sites (tertiary alicyclic amines) is 1. The maximum absolute atomic E-state index is 12.1. The van der Waals surface area contributed by atoms with Gasteiger partial charge in [-0.15, -0.1) is 0 Å². The number of H-pyrrole nitrogens is 1. The molecule has 1 amide bonds. The number of piperidine rings is 1. The van der Waals surface area contributed by atoms with Crippen LogP contribution < -0.4 is 0 Å². The van der Waals surface area contributed by atoms with Crippen molar-refractivity contribution in [3.05, 3.63) is 17.7 Å². The van der Waals surface area contributed by atoms with Crippen molar-refractivity contribution in [1.29, 1.82) is 0 Å². The summed E-state index contributed by atoms with van der Waals surface area (Å²) in [7, 11) is 0. The lowest BCUT2D eigenvalue weighted by Crippen LogP contribution is -2.39. The predicted molar refractivity (Wildman–Crippen MR) is 59.8 cm³/mol. The number of nitrogens with zero attached hydrogens (tertiary/aromatic N) is 2. The monoisotopic (exact) mass is 237 g/mol. The number of carbonyl (C=O) groups excluding carboxylic acids is 1. The Labute approximate surface area is 98.7 Å². The van der Waals surface area contributed by atoms with E-state index in [1.165, 1.54) is 6.33 Å². The number of hydrogen-bond donors (Lipinski definition) is 2. The Morgan fingerprint density at radius 2 is 2.35 bits per heavy atom. The van der Waals surface area contributed by atoms with Crippen LogP contribution in [0.1, 0.15) is 40.7 Å². The first kappa shape index (κ1) is 11.6. The maximum Gasteiger partial charge on any atom is 0.354 e. The van der Waals surface area contributed by atoms with Gasteiger partial charge in [-0.05, 0) is 18.8 Å². The quantitative estimate of drug-likeness (QED) is 0.802. The van der Waals surface area contributed by atoms with Crippen LogP contribution >= 0.6 is 0 Å². The molecule has 0 radical (unpaired) electrons. The third-order valence-corrected chi connectivity index (χ3v) is 3.00. The summed E-state index contributed by atoms with van der Waals surface area (Å²) in [6, 6.07) is 0. The molecule has 1 fully saturated rings. The van der Waals surface area contributed by atoms with Crippen molar-refractivity contribution in [3.8, 4) is 0 Å². The van der Waals surface area contributed by atoms with Gasteiger partial charge in [-0.2, -0.15) is 0 Å². The van der Waals surface area contributed by atoms with Crippen LogP contribution in [0.5, 0.6) is 0 Å². The van der Waals surface area contributed by atoms with Gasteiger partial charge in [0.25, 0.3) is 5.91 Å². The topological polar surface area (TPSA) is 86.3 Å². The number of amides is 1. The van der Waals surface area contributed by atoms with Gasteiger partial charge >= 0.3 is 5.97 Å². The van der Waals surface area contributed by atoms with Crippen molar-refractivity contribution >= 4 is 11.9 Å². The molecule has 1 aliphatic heterocycles. The molecular formula is C11H15N3O3. The number of rotatable bonds is 2. The lowest BCUT2D eigenvalue weighted by molar-refractivity contribution is 0.0641. The van der Waals surface area contributed by atoms with Crippen molar-refractivity contribution in [1.82, 2.24) is 14.9 Å². The van der Waals surface area contributed by atoms with Crippen LogP contribution in [0.4, 0.5) is 0 Å². The highest BCUT2D eigenvalue weighted by Gasteiger charge is 2.27. The van der Waals surface area contributed by atoms with Gasteiger partial charge in [0.15, 0.2) is 11.4 Å². The molecule has 0 aromatic carbocycles. The molecule has 0 aliphatic carbocycles. The van der Waals surface area contributed by atoms with E-state index in [1.807, 2.05) is 0 Å². The van der Waals surface area contributed by atoms with E-state index >= 15 is 0 Å². The lowest BCUT2D eigenvalue weighted by atomic mass is 10.00. The second kappa shape index (κ2) is 4.57. The molecule has 6 nitrogen and oxygen atoms in total. The first-order valence-corrected chi connectivity index (χ1v) is 5.65. The van der Waals surface area contributed by atoms with E-state index in [1.54, 1.807) is 4.90 Å². The third kappa shape index (κ3) is 2.30. The minimum Gasteiger partial charge on any atom is -0.477 e. The third-order valence-electron chi connectivity index (χ3n) is 3.00. The summed E-state index contributed by atoms with van der Waals surface area (Å²) >= 11 is 0. The van der Waals surface area contributed by atoms with Crippen LogP contribution in [0.3, 0.4) is 0 Å². The summed E-state index contributed by atoms with van der Waals surface area (Å²) in [4.78, 5) is 31.0. The Bertz CT molecular complexity index is 441. The Morgan fingerprint density at radius 1 is 1.59 bits per heavy atom. The number of imidazole rings is 1. The van der Waals surface area contributed by atoms with Crippen molar-refractivity contribution in [3.63, 3.8) is 0 Å². The Morgan fingerprint density at radius 3 is 3.00 bits per heavy atom. The molecule has 1 aliphatic rings. The fourth-order valence-corrected chi connectivity index (χ4v) is 2.14. The molecule has 92 valence electrons. The number of carboxylic acids is 1. The maximum atomic E-state index is 12.1. The smallest absolute Gasteiger partial charge is 0.354 e. The molecule has 1 unspecified atom stereocenters. The zero-order valence-corrected chi connectivity index (χ0v) is 9.64. The second-order valence-electron chi connectivity index (χ2n) is 4.43. The van der Waals surface area contributed by atoms with E-state index in [4.69, 9.17) is 5.11 Å². The summed E-state index contributed by atoms with van der Waals surface area (Å²) in [5.74, 6) is -0.994. The number of aromatic carboxylic acids is 1. The van der Waals surface area contributed by atoms with Crippen LogP contribution in [-0.4, -0.2) is 44.9 Å². The van der Waals surface area contributed by atoms with E-state index in [9.17, 15) is 9.59 Å². The highest BCUT2D eigenvalue weighted by atomic mass is 16.4. The standard InChI is InChI=1S/C11H15N3O3/c1-7-3-2-4-14(5-7)10(15)8-9(11(16)17)13-6-12-8/h6-7H,2-5H2,1H3,(H,12,13)(H,16,17). The number of carbonyl (C=O) groups is 2. The molecule has 17 heavy (non-hydrogen) atoms. The molecular weight excluding hydrogens is 222 g/mol. The number of hydrogen-bond acceptors (Lipinski definition) is 3. The fraction of sp³-hybridized carbons (Fsp3) is 0.545. The first-order chi connectivity index (χ1) is 8.09. The number of nitrogens with one attached hydrogen (secondary N) is 1. The van der Waals surface area contributed by atoms with Gasteiger partial charge in [0.1, 0.15) is 0 Å². The summed E-state index contributed by atoms with van der Waals surface area (Å²) in [5, 5.41) is 8.91. The Balaban J connectivity index is 2.18. The molecule has 0 saturated carbocycles. The highest BCUT2D eigenvalue weighted by molar-refractivity contribution is 6.02. The molecule has 0 bridgehead atoms. The average Bonchev–Trinajstić information content (AvgIpc) is 2.77. The van der Waals surface area contributed by atoms with E-state index in [0.29, 0.717) is 19.0 Å². The number of carboxylic acid groups (broad SMARTS) is 1. The van der Waals surface area contributed by atoms with Crippen LogP contribution in [0.2, 0.25) is 0 Å². The van der Waals surface area contributed by atoms with Crippen molar-refractivity contribution < 1.29 is 14.7 Å². The molecule has 2 heterocycles. The van der Waals surface area contributed by atoms with Crippen LogP contribution in [0.25, 0.3) is 0 Å². The van der Waals surface area contributed by atoms with Gasteiger partial charge in [-0.25, -0.2) is 9.78 Å². The largest absolute Gasteiger partial charge is 0.477 e. The normalized spacial score (nSPS) is 20.3. The second-order valence-corrected chi connectivity index (χ2v) is 4.43. The van der Waals surface area contributed by atoms with E-state index in [-0.39, 0.29) is 17.3 Å². The molecule has 6 heteroatoms. The summed E-state index contributed by atoms with van der Waals surface area (Å²) < 4.78 is 0. The zero-order chi connectivity index (χ0) is 12.4. The van der Waals surface area contributed by atoms with Gasteiger partial charge in [-0.1, -0.05) is 6.92 Å². The summed E-state index contributed by atoms with van der Waals surface area (Å²) in [5.41, 5.74) is -0.125. The van der Waals surface area contributed by atoms with Gasteiger partial charge < -0.3 is 15.0 Å². The van der Waals surface area contributed by atoms with Crippen molar-refractivity contribution in [2.45, 2.75) is 19.8 Å². The zero-order valence-electron chi connectivity index (χ0n) is 9.64. The van der Waals surface area contributed by atoms with Gasteiger partial charge in [0, 0.05) is 13.1 Å². The van der Waals surface area contributed by atoms with Crippen LogP contribution in [0, 0.1) is 5.92 Å². The molecule has 2 N–H and O–H groups in total. The van der Waals surface area contributed by atoms with E-state index in [2.05, 4.69) is 16.9 Å². The lowest BCUT2D eigenvalue weighted by Gasteiger charge is -2.30. The van der Waals surface area contributed by atoms with Crippen LogP contribution in [-0.2, 0) is 0 Å². The van der Waals surface area contributed by atoms with Gasteiger partial charge in [0.2, 0.25) is 0 Å². The number of aromatic nitrogens is 2. The first-order valence-electron chi connectivity index (χ1n) is 5.65. The fourth-order valence-electron chi connectivity index (χ4n) is 2.14. The molecule has 1 saturated heterocycles. The average molecular weight is 237 g/mol. The summed E-state index contributed by atoms with van der Waals surface area (Å²) in [6.07, 6.45) is 3.31. The van der Waals surface area contributed by atoms with Crippen molar-refractivity contribution in [2.24, 2.45) is 5.92 Å². The minimum atomic E-state index is -1.16. The number of aromatic amines is 1. The SMILES string of the molecule is CC1CCCN(C(=O)c2nc[nH]c2C(=O)O)C1. The Hall–Kier alpha value is -1.85. The minimum absolute atomic E-state index is 0.00611. The van der Waals surface area contributed by atoms with Crippen molar-refractivity contribution in [2.75, 3.05) is 13.1 Å². The molecule has 1 aromatic rings. The molecule has 0 spiro atoms.